The number of hydrogen-bond acceptors (Lipinski definition) is 4. The Hall–Kier alpha value is -2.17. The number of nitrogens with zero attached hydrogens (tertiary/aromatic N) is 2. The average Bonchev–Trinajstić information content (AvgIpc) is 3.08. The van der Waals surface area contributed by atoms with Crippen LogP contribution in [0.4, 0.5) is 0 Å². The molecule has 0 bridgehead atoms. The van der Waals surface area contributed by atoms with Crippen molar-refractivity contribution in [1.29, 1.82) is 10.5 Å². The zero-order valence-corrected chi connectivity index (χ0v) is 11.0. The molecular formula is C16H14N2O2. The van der Waals surface area contributed by atoms with E-state index in [2.05, 4.69) is 12.1 Å². The Kier molecular flexibility index (Phi) is 2.85. The van der Waals surface area contributed by atoms with Crippen LogP contribution in [-0.4, -0.2) is 19.0 Å². The topological polar surface area (TPSA) is 73.9 Å². The maximum Gasteiger partial charge on any atom is 0.169 e. The van der Waals surface area contributed by atoms with Crippen LogP contribution in [-0.2, 0) is 4.74 Å². The third-order valence-corrected chi connectivity index (χ3v) is 4.75. The molecule has 1 aliphatic carbocycles. The summed E-state index contributed by atoms with van der Waals surface area (Å²) in [4.78, 5) is 12.7. The third-order valence-electron chi connectivity index (χ3n) is 4.75. The van der Waals surface area contributed by atoms with E-state index < -0.39 is 16.7 Å². The van der Waals surface area contributed by atoms with Gasteiger partial charge in [0.2, 0.25) is 0 Å². The van der Waals surface area contributed by atoms with E-state index in [1.807, 2.05) is 6.07 Å². The molecule has 4 heteroatoms. The molecule has 1 heterocycles. The molecule has 1 atom stereocenters. The molecule has 4 nitrogen and oxygen atoms in total. The van der Waals surface area contributed by atoms with Crippen molar-refractivity contribution in [3.05, 3.63) is 35.9 Å². The second-order valence-electron chi connectivity index (χ2n) is 5.46. The summed E-state index contributed by atoms with van der Waals surface area (Å²) in [5.41, 5.74) is -1.11. The number of carbonyl (C=O) groups is 1. The minimum absolute atomic E-state index is 0.0874. The van der Waals surface area contributed by atoms with Crippen molar-refractivity contribution in [3.8, 4) is 12.1 Å². The molecule has 0 aromatic heterocycles. The van der Waals surface area contributed by atoms with Gasteiger partial charge in [0.05, 0.1) is 18.1 Å². The molecule has 1 saturated heterocycles. The second kappa shape index (κ2) is 4.44. The monoisotopic (exact) mass is 266 g/mol. The summed E-state index contributed by atoms with van der Waals surface area (Å²) in [5, 5.41) is 18.9. The van der Waals surface area contributed by atoms with Crippen molar-refractivity contribution in [2.45, 2.75) is 12.8 Å². The van der Waals surface area contributed by atoms with Crippen molar-refractivity contribution >= 4 is 5.78 Å². The van der Waals surface area contributed by atoms with Crippen molar-refractivity contribution in [3.63, 3.8) is 0 Å². The number of benzene rings is 1. The van der Waals surface area contributed by atoms with Crippen molar-refractivity contribution < 1.29 is 9.53 Å². The standard InChI is InChI=1S/C16H14N2O2/c17-10-16(11-18)14(15(16)6-8-20-9-7-15)13(19)12-4-2-1-3-5-12/h1-5,14H,6-9H2/t14-/m0/s1. The Morgan fingerprint density at radius 1 is 1.15 bits per heavy atom. The van der Waals surface area contributed by atoms with E-state index in [0.29, 0.717) is 31.6 Å². The molecule has 1 aromatic rings. The summed E-state index contributed by atoms with van der Waals surface area (Å²) >= 11 is 0. The van der Waals surface area contributed by atoms with E-state index in [1.54, 1.807) is 24.3 Å². The second-order valence-corrected chi connectivity index (χ2v) is 5.46. The zero-order valence-electron chi connectivity index (χ0n) is 11.0. The van der Waals surface area contributed by atoms with Gasteiger partial charge >= 0.3 is 0 Å². The Morgan fingerprint density at radius 3 is 2.30 bits per heavy atom. The molecule has 1 spiro atoms. The Morgan fingerprint density at radius 2 is 1.75 bits per heavy atom. The van der Waals surface area contributed by atoms with Gasteiger partial charge < -0.3 is 4.74 Å². The normalized spacial score (nSPS) is 25.4. The molecular weight excluding hydrogens is 252 g/mol. The van der Waals surface area contributed by atoms with Crippen LogP contribution in [0.5, 0.6) is 0 Å². The predicted molar refractivity (Wildman–Crippen MR) is 70.4 cm³/mol. The molecule has 100 valence electrons. The van der Waals surface area contributed by atoms with E-state index in [1.165, 1.54) is 0 Å². The van der Waals surface area contributed by atoms with E-state index >= 15 is 0 Å². The zero-order chi connectivity index (χ0) is 14.2. The first-order chi connectivity index (χ1) is 9.72. The lowest BCUT2D eigenvalue weighted by Crippen LogP contribution is -2.23. The third kappa shape index (κ3) is 1.46. The van der Waals surface area contributed by atoms with Crippen molar-refractivity contribution in [2.24, 2.45) is 16.7 Å². The van der Waals surface area contributed by atoms with Gasteiger partial charge in [-0.15, -0.1) is 0 Å². The fraction of sp³-hybridized carbons (Fsp3) is 0.438. The van der Waals surface area contributed by atoms with Gasteiger partial charge in [0.15, 0.2) is 11.2 Å². The van der Waals surface area contributed by atoms with Gasteiger partial charge in [-0.05, 0) is 12.8 Å². The fourth-order valence-electron chi connectivity index (χ4n) is 3.61. The summed E-state index contributed by atoms with van der Waals surface area (Å²) < 4.78 is 5.33. The first-order valence-electron chi connectivity index (χ1n) is 6.71. The minimum atomic E-state index is -1.18. The largest absolute Gasteiger partial charge is 0.381 e. The molecule has 0 amide bonds. The van der Waals surface area contributed by atoms with Gasteiger partial charge in [0.25, 0.3) is 0 Å². The van der Waals surface area contributed by atoms with Crippen LogP contribution < -0.4 is 0 Å². The van der Waals surface area contributed by atoms with Gasteiger partial charge in [-0.25, -0.2) is 0 Å². The smallest absolute Gasteiger partial charge is 0.169 e. The van der Waals surface area contributed by atoms with E-state index in [0.717, 1.165) is 0 Å². The SMILES string of the molecule is N#CC1(C#N)[C@@H](C(=O)c2ccccc2)C12CCOCC2. The van der Waals surface area contributed by atoms with Crippen LogP contribution in [0.25, 0.3) is 0 Å². The first kappa shape index (κ1) is 12.8. The molecule has 20 heavy (non-hydrogen) atoms. The van der Waals surface area contributed by atoms with Gasteiger partial charge in [-0.2, -0.15) is 10.5 Å². The highest BCUT2D eigenvalue weighted by atomic mass is 16.5. The average molecular weight is 266 g/mol. The number of Topliss-reactive ketones (excluding diaryl/α,β-unsaturated/α-hetero) is 1. The van der Waals surface area contributed by atoms with Crippen LogP contribution in [0.15, 0.2) is 30.3 Å². The van der Waals surface area contributed by atoms with E-state index in [4.69, 9.17) is 4.74 Å². The highest BCUT2D eigenvalue weighted by Crippen LogP contribution is 2.73. The maximum atomic E-state index is 12.7. The van der Waals surface area contributed by atoms with Gasteiger partial charge in [-0.1, -0.05) is 30.3 Å². The summed E-state index contributed by atoms with van der Waals surface area (Å²) in [6.45, 7) is 1.04. The van der Waals surface area contributed by atoms with Crippen LogP contribution in [0.3, 0.4) is 0 Å². The Labute approximate surface area is 117 Å². The van der Waals surface area contributed by atoms with E-state index in [9.17, 15) is 15.3 Å². The summed E-state index contributed by atoms with van der Waals surface area (Å²) in [5.74, 6) is -0.605. The number of carbonyl (C=O) groups excluding carboxylic acids is 1. The lowest BCUT2D eigenvalue weighted by Gasteiger charge is -2.23. The summed E-state index contributed by atoms with van der Waals surface area (Å²) in [6, 6.07) is 13.2. The van der Waals surface area contributed by atoms with Crippen LogP contribution >= 0.6 is 0 Å². The quantitative estimate of drug-likeness (QED) is 0.770. The number of rotatable bonds is 2. The molecule has 0 N–H and O–H groups in total. The lowest BCUT2D eigenvalue weighted by molar-refractivity contribution is 0.0455. The van der Waals surface area contributed by atoms with Gasteiger partial charge in [-0.3, -0.25) is 4.79 Å². The fourth-order valence-corrected chi connectivity index (χ4v) is 3.61. The molecule has 2 aliphatic rings. The Bertz CT molecular complexity index is 604. The van der Waals surface area contributed by atoms with Gasteiger partial charge in [0, 0.05) is 24.2 Å². The van der Waals surface area contributed by atoms with Gasteiger partial charge in [0.1, 0.15) is 0 Å². The summed E-state index contributed by atoms with van der Waals surface area (Å²) in [6.07, 6.45) is 1.22. The first-order valence-corrected chi connectivity index (χ1v) is 6.71. The molecule has 0 radical (unpaired) electrons. The summed E-state index contributed by atoms with van der Waals surface area (Å²) in [7, 11) is 0. The molecule has 1 aliphatic heterocycles. The number of hydrogen-bond donors (Lipinski definition) is 0. The number of ketones is 1. The highest BCUT2D eigenvalue weighted by Gasteiger charge is 2.80. The molecule has 2 fully saturated rings. The van der Waals surface area contributed by atoms with Crippen molar-refractivity contribution in [1.82, 2.24) is 0 Å². The molecule has 0 unspecified atom stereocenters. The molecule has 3 rings (SSSR count). The lowest BCUT2D eigenvalue weighted by atomic mass is 9.87. The number of nitriles is 2. The van der Waals surface area contributed by atoms with E-state index in [-0.39, 0.29) is 5.78 Å². The number of ether oxygens (including phenoxy) is 1. The predicted octanol–water partition coefficient (Wildman–Crippen LogP) is 2.33. The molecule has 1 saturated carbocycles. The molecule has 1 aromatic carbocycles. The Balaban J connectivity index is 1.99. The van der Waals surface area contributed by atoms with Crippen LogP contribution in [0.1, 0.15) is 23.2 Å². The van der Waals surface area contributed by atoms with Crippen LogP contribution in [0.2, 0.25) is 0 Å². The maximum absolute atomic E-state index is 12.7. The highest BCUT2D eigenvalue weighted by molar-refractivity contribution is 6.02. The van der Waals surface area contributed by atoms with Crippen molar-refractivity contribution in [2.75, 3.05) is 13.2 Å². The minimum Gasteiger partial charge on any atom is -0.381 e. The van der Waals surface area contributed by atoms with Crippen LogP contribution in [0, 0.1) is 39.4 Å².